The lowest BCUT2D eigenvalue weighted by Gasteiger charge is -2.08. The Bertz CT molecular complexity index is 420. The summed E-state index contributed by atoms with van der Waals surface area (Å²) in [6.07, 6.45) is 0. The van der Waals surface area contributed by atoms with E-state index in [0.717, 1.165) is 17.9 Å². The molecule has 0 aliphatic rings. The molecule has 1 heterocycles. The third-order valence-corrected chi connectivity index (χ3v) is 3.01. The minimum Gasteiger partial charge on any atom is -0.379 e. The molecular formula is C12H15N3S. The maximum Gasteiger partial charge on any atom is 0.0946 e. The lowest BCUT2D eigenvalue weighted by atomic mass is 10.0. The fourth-order valence-electron chi connectivity index (χ4n) is 1.44. The molecule has 0 radical (unpaired) electrons. The predicted octanol–water partition coefficient (Wildman–Crippen LogP) is 3.27. The Morgan fingerprint density at radius 2 is 2.00 bits per heavy atom. The number of benzene rings is 1. The van der Waals surface area contributed by atoms with Crippen LogP contribution in [0.3, 0.4) is 0 Å². The Morgan fingerprint density at radius 1 is 1.25 bits per heavy atom. The first-order valence-corrected chi connectivity index (χ1v) is 6.19. The molecule has 4 heteroatoms. The second-order valence-corrected chi connectivity index (χ2v) is 4.64. The molecule has 0 fully saturated rings. The van der Waals surface area contributed by atoms with Crippen molar-refractivity contribution in [3.8, 4) is 0 Å². The maximum absolute atomic E-state index is 3.98. The second kappa shape index (κ2) is 5.07. The van der Waals surface area contributed by atoms with E-state index >= 15 is 0 Å². The van der Waals surface area contributed by atoms with Gasteiger partial charge < -0.3 is 5.32 Å². The van der Waals surface area contributed by atoms with E-state index in [-0.39, 0.29) is 0 Å². The van der Waals surface area contributed by atoms with Crippen LogP contribution in [0.1, 0.15) is 31.0 Å². The summed E-state index contributed by atoms with van der Waals surface area (Å²) in [5.41, 5.74) is 3.47. The van der Waals surface area contributed by atoms with Crippen LogP contribution in [0.4, 0.5) is 5.69 Å². The Hall–Kier alpha value is -1.42. The molecule has 0 unspecified atom stereocenters. The van der Waals surface area contributed by atoms with Crippen LogP contribution >= 0.6 is 11.5 Å². The summed E-state index contributed by atoms with van der Waals surface area (Å²) in [4.78, 5) is 0. The van der Waals surface area contributed by atoms with Crippen molar-refractivity contribution in [3.05, 3.63) is 40.9 Å². The van der Waals surface area contributed by atoms with Crippen LogP contribution in [0.15, 0.2) is 29.6 Å². The van der Waals surface area contributed by atoms with Crippen molar-refractivity contribution in [1.82, 2.24) is 9.59 Å². The maximum atomic E-state index is 3.98. The zero-order valence-corrected chi connectivity index (χ0v) is 10.3. The second-order valence-electron chi connectivity index (χ2n) is 4.03. The Kier molecular flexibility index (Phi) is 3.51. The summed E-state index contributed by atoms with van der Waals surface area (Å²) in [5, 5.41) is 9.25. The molecule has 84 valence electrons. The van der Waals surface area contributed by atoms with Crippen molar-refractivity contribution in [2.24, 2.45) is 0 Å². The van der Waals surface area contributed by atoms with Gasteiger partial charge in [0.15, 0.2) is 0 Å². The van der Waals surface area contributed by atoms with Crippen LogP contribution in [0, 0.1) is 0 Å². The normalized spacial score (nSPS) is 10.7. The Morgan fingerprint density at radius 3 is 2.56 bits per heavy atom. The lowest BCUT2D eigenvalue weighted by Crippen LogP contribution is -1.99. The topological polar surface area (TPSA) is 37.8 Å². The zero-order valence-electron chi connectivity index (χ0n) is 9.47. The highest BCUT2D eigenvalue weighted by molar-refractivity contribution is 7.03. The van der Waals surface area contributed by atoms with Gasteiger partial charge in [-0.1, -0.05) is 30.5 Å². The molecule has 0 aliphatic heterocycles. The summed E-state index contributed by atoms with van der Waals surface area (Å²) in [6.45, 7) is 5.13. The molecule has 0 saturated carbocycles. The molecule has 0 spiro atoms. The average Bonchev–Trinajstić information content (AvgIpc) is 2.80. The van der Waals surface area contributed by atoms with Gasteiger partial charge in [0, 0.05) is 11.1 Å². The molecule has 2 aromatic rings. The third-order valence-electron chi connectivity index (χ3n) is 2.46. The largest absolute Gasteiger partial charge is 0.379 e. The van der Waals surface area contributed by atoms with E-state index in [9.17, 15) is 0 Å². The first-order valence-electron chi connectivity index (χ1n) is 5.35. The van der Waals surface area contributed by atoms with Gasteiger partial charge in [-0.15, -0.1) is 5.10 Å². The quantitative estimate of drug-likeness (QED) is 0.880. The molecule has 0 saturated heterocycles. The highest BCUT2D eigenvalue weighted by Crippen LogP contribution is 2.17. The van der Waals surface area contributed by atoms with Crippen LogP contribution in [0.5, 0.6) is 0 Å². The van der Waals surface area contributed by atoms with Gasteiger partial charge in [-0.05, 0) is 35.1 Å². The summed E-state index contributed by atoms with van der Waals surface area (Å²) < 4.78 is 3.82. The van der Waals surface area contributed by atoms with E-state index in [1.54, 1.807) is 0 Å². The molecule has 1 aromatic carbocycles. The molecule has 0 amide bonds. The molecule has 0 bridgehead atoms. The number of rotatable bonds is 4. The molecule has 0 aliphatic carbocycles. The van der Waals surface area contributed by atoms with Gasteiger partial charge in [0.05, 0.1) is 12.2 Å². The van der Waals surface area contributed by atoms with Crippen LogP contribution in [-0.2, 0) is 6.54 Å². The molecule has 16 heavy (non-hydrogen) atoms. The standard InChI is InChI=1S/C12H15N3S/c1-9(2)10-3-5-11(6-4-10)13-7-12-8-16-15-14-12/h3-6,8-9,13H,7H2,1-2H3. The van der Waals surface area contributed by atoms with E-state index in [1.807, 2.05) is 5.38 Å². The fraction of sp³-hybridized carbons (Fsp3) is 0.333. The number of nitrogens with zero attached hydrogens (tertiary/aromatic N) is 2. The highest BCUT2D eigenvalue weighted by Gasteiger charge is 1.99. The predicted molar refractivity (Wildman–Crippen MR) is 67.8 cm³/mol. The van der Waals surface area contributed by atoms with E-state index in [0.29, 0.717) is 5.92 Å². The minimum absolute atomic E-state index is 0.580. The SMILES string of the molecule is CC(C)c1ccc(NCc2csnn2)cc1. The van der Waals surface area contributed by atoms with Gasteiger partial charge in [0.1, 0.15) is 0 Å². The molecule has 3 nitrogen and oxygen atoms in total. The summed E-state index contributed by atoms with van der Waals surface area (Å²) in [6, 6.07) is 8.53. The lowest BCUT2D eigenvalue weighted by molar-refractivity contribution is 0.866. The van der Waals surface area contributed by atoms with Crippen LogP contribution in [0.2, 0.25) is 0 Å². The fourth-order valence-corrected chi connectivity index (χ4v) is 1.89. The van der Waals surface area contributed by atoms with Crippen molar-refractivity contribution >= 4 is 17.2 Å². The van der Waals surface area contributed by atoms with Gasteiger partial charge in [0.2, 0.25) is 0 Å². The first-order chi connectivity index (χ1) is 7.75. The average molecular weight is 233 g/mol. The van der Waals surface area contributed by atoms with E-state index in [2.05, 4.69) is 53.0 Å². The highest BCUT2D eigenvalue weighted by atomic mass is 32.1. The Balaban J connectivity index is 1.95. The van der Waals surface area contributed by atoms with Crippen LogP contribution < -0.4 is 5.32 Å². The molecule has 1 aromatic heterocycles. The molecule has 0 atom stereocenters. The number of anilines is 1. The monoisotopic (exact) mass is 233 g/mol. The smallest absolute Gasteiger partial charge is 0.0946 e. The summed E-state index contributed by atoms with van der Waals surface area (Å²) in [7, 11) is 0. The summed E-state index contributed by atoms with van der Waals surface area (Å²) >= 11 is 1.38. The molecule has 2 rings (SSSR count). The number of aromatic nitrogens is 2. The van der Waals surface area contributed by atoms with Gasteiger partial charge in [-0.2, -0.15) is 0 Å². The van der Waals surface area contributed by atoms with E-state index in [4.69, 9.17) is 0 Å². The van der Waals surface area contributed by atoms with Crippen LogP contribution in [0.25, 0.3) is 0 Å². The van der Waals surface area contributed by atoms with Crippen LogP contribution in [-0.4, -0.2) is 9.59 Å². The number of hydrogen-bond acceptors (Lipinski definition) is 4. The van der Waals surface area contributed by atoms with Gasteiger partial charge >= 0.3 is 0 Å². The molecular weight excluding hydrogens is 218 g/mol. The molecule has 1 N–H and O–H groups in total. The Labute approximate surface area is 99.7 Å². The summed E-state index contributed by atoms with van der Waals surface area (Å²) in [5.74, 6) is 0.580. The number of nitrogens with one attached hydrogen (secondary N) is 1. The first kappa shape index (κ1) is 11.1. The van der Waals surface area contributed by atoms with Crippen molar-refractivity contribution in [1.29, 1.82) is 0 Å². The van der Waals surface area contributed by atoms with E-state index < -0.39 is 0 Å². The number of hydrogen-bond donors (Lipinski definition) is 1. The van der Waals surface area contributed by atoms with Crippen molar-refractivity contribution in [3.63, 3.8) is 0 Å². The van der Waals surface area contributed by atoms with Gasteiger partial charge in [-0.25, -0.2) is 0 Å². The van der Waals surface area contributed by atoms with Crippen molar-refractivity contribution < 1.29 is 0 Å². The third kappa shape index (κ3) is 2.79. The van der Waals surface area contributed by atoms with Gasteiger partial charge in [0.25, 0.3) is 0 Å². The van der Waals surface area contributed by atoms with Crippen molar-refractivity contribution in [2.45, 2.75) is 26.3 Å². The van der Waals surface area contributed by atoms with E-state index in [1.165, 1.54) is 17.1 Å². The van der Waals surface area contributed by atoms with Crippen molar-refractivity contribution in [2.75, 3.05) is 5.32 Å². The van der Waals surface area contributed by atoms with Gasteiger partial charge in [-0.3, -0.25) is 0 Å². The minimum atomic E-state index is 0.580. The zero-order chi connectivity index (χ0) is 11.4.